The van der Waals surface area contributed by atoms with Crippen molar-refractivity contribution in [3.05, 3.63) is 46.7 Å². The normalized spacial score (nSPS) is 12.0. The Bertz CT molecular complexity index is 609. The maximum Gasteiger partial charge on any atom is 0.170 e. The molecule has 0 aliphatic rings. The minimum atomic E-state index is 0.590. The van der Waals surface area contributed by atoms with Crippen LogP contribution in [0.1, 0.15) is 31.7 Å². The number of benzene rings is 1. The van der Waals surface area contributed by atoms with Gasteiger partial charge in [-0.1, -0.05) is 26.0 Å². The van der Waals surface area contributed by atoms with E-state index in [9.17, 15) is 0 Å². The van der Waals surface area contributed by atoms with Crippen LogP contribution < -0.4 is 10.6 Å². The molecule has 6 heteroatoms. The average molecular weight is 381 g/mol. The van der Waals surface area contributed by atoms with Crippen LogP contribution in [0, 0.1) is 0 Å². The van der Waals surface area contributed by atoms with Gasteiger partial charge in [-0.2, -0.15) is 5.10 Å². The lowest BCUT2D eigenvalue weighted by Crippen LogP contribution is -2.31. The second kappa shape index (κ2) is 8.29. The summed E-state index contributed by atoms with van der Waals surface area (Å²) in [6, 6.07) is 8.45. The monoisotopic (exact) mass is 380 g/mol. The van der Waals surface area contributed by atoms with Crippen LogP contribution in [-0.2, 0) is 6.54 Å². The number of halogens is 1. The van der Waals surface area contributed by atoms with E-state index in [1.165, 1.54) is 5.56 Å². The third-order valence-electron chi connectivity index (χ3n) is 3.58. The van der Waals surface area contributed by atoms with Crippen LogP contribution in [0.3, 0.4) is 0 Å². The van der Waals surface area contributed by atoms with Gasteiger partial charge >= 0.3 is 0 Å². The van der Waals surface area contributed by atoms with Crippen molar-refractivity contribution in [3.8, 4) is 0 Å². The Balaban J connectivity index is 1.76. The van der Waals surface area contributed by atoms with Gasteiger partial charge in [0.15, 0.2) is 5.11 Å². The summed E-state index contributed by atoms with van der Waals surface area (Å²) in [5, 5.41) is 11.2. The first kappa shape index (κ1) is 17.0. The van der Waals surface area contributed by atoms with E-state index < -0.39 is 0 Å². The standard InChI is InChI=1S/C16H21BrN4S/c1-3-12(2)13-4-6-15(7-5-13)20-16(22)18-8-9-21-11-14(17)10-19-21/h4-7,10-12H,3,8-9H2,1-2H3,(H2,18,20,22)/t12-/m1/s1. The molecular formula is C16H21BrN4S. The Morgan fingerprint density at radius 3 is 2.68 bits per heavy atom. The van der Waals surface area contributed by atoms with Gasteiger partial charge in [-0.25, -0.2) is 0 Å². The van der Waals surface area contributed by atoms with Gasteiger partial charge < -0.3 is 10.6 Å². The predicted molar refractivity (Wildman–Crippen MR) is 99.3 cm³/mol. The highest BCUT2D eigenvalue weighted by molar-refractivity contribution is 9.10. The SMILES string of the molecule is CC[C@@H](C)c1ccc(NC(=S)NCCn2cc(Br)cn2)cc1. The van der Waals surface area contributed by atoms with E-state index in [0.29, 0.717) is 11.0 Å². The molecule has 2 aromatic rings. The molecule has 0 unspecified atom stereocenters. The topological polar surface area (TPSA) is 41.9 Å². The van der Waals surface area contributed by atoms with E-state index in [1.54, 1.807) is 6.20 Å². The number of anilines is 1. The fourth-order valence-electron chi connectivity index (χ4n) is 2.05. The Morgan fingerprint density at radius 1 is 1.36 bits per heavy atom. The molecule has 0 saturated heterocycles. The fourth-order valence-corrected chi connectivity index (χ4v) is 2.60. The van der Waals surface area contributed by atoms with E-state index in [-0.39, 0.29) is 0 Å². The van der Waals surface area contributed by atoms with Crippen LogP contribution in [0.15, 0.2) is 41.1 Å². The van der Waals surface area contributed by atoms with Crippen molar-refractivity contribution in [2.24, 2.45) is 0 Å². The zero-order chi connectivity index (χ0) is 15.9. The third-order valence-corrected chi connectivity index (χ3v) is 4.23. The Hall–Kier alpha value is -1.40. The molecule has 1 heterocycles. The zero-order valence-corrected chi connectivity index (χ0v) is 15.2. The Labute approximate surface area is 145 Å². The van der Waals surface area contributed by atoms with Crippen molar-refractivity contribution in [3.63, 3.8) is 0 Å². The molecule has 0 aliphatic carbocycles. The maximum absolute atomic E-state index is 5.30. The van der Waals surface area contributed by atoms with E-state index in [4.69, 9.17) is 12.2 Å². The van der Waals surface area contributed by atoms with Crippen LogP contribution in [0.5, 0.6) is 0 Å². The molecule has 0 radical (unpaired) electrons. The van der Waals surface area contributed by atoms with Crippen molar-refractivity contribution in [2.75, 3.05) is 11.9 Å². The molecule has 22 heavy (non-hydrogen) atoms. The van der Waals surface area contributed by atoms with E-state index >= 15 is 0 Å². The quantitative estimate of drug-likeness (QED) is 0.738. The van der Waals surface area contributed by atoms with Crippen molar-refractivity contribution >= 4 is 38.9 Å². The second-order valence-corrected chi connectivity index (χ2v) is 6.56. The summed E-state index contributed by atoms with van der Waals surface area (Å²) >= 11 is 8.68. The first-order valence-electron chi connectivity index (χ1n) is 7.41. The lowest BCUT2D eigenvalue weighted by Gasteiger charge is -2.13. The number of hydrogen-bond acceptors (Lipinski definition) is 2. The number of rotatable bonds is 6. The van der Waals surface area contributed by atoms with Gasteiger partial charge in [0.05, 0.1) is 17.2 Å². The summed E-state index contributed by atoms with van der Waals surface area (Å²) in [4.78, 5) is 0. The Kier molecular flexibility index (Phi) is 6.39. The van der Waals surface area contributed by atoms with Gasteiger partial charge in [0, 0.05) is 18.4 Å². The van der Waals surface area contributed by atoms with Crippen molar-refractivity contribution < 1.29 is 0 Å². The van der Waals surface area contributed by atoms with Crippen LogP contribution in [-0.4, -0.2) is 21.4 Å². The van der Waals surface area contributed by atoms with Gasteiger partial charge in [0.1, 0.15) is 0 Å². The summed E-state index contributed by atoms with van der Waals surface area (Å²) in [6.07, 6.45) is 4.86. The number of nitrogens with zero attached hydrogens (tertiary/aromatic N) is 2. The third kappa shape index (κ3) is 5.10. The van der Waals surface area contributed by atoms with E-state index in [1.807, 2.05) is 10.9 Å². The summed E-state index contributed by atoms with van der Waals surface area (Å²) in [7, 11) is 0. The molecule has 0 aliphatic heterocycles. The highest BCUT2D eigenvalue weighted by Gasteiger charge is 2.03. The lowest BCUT2D eigenvalue weighted by atomic mass is 9.99. The lowest BCUT2D eigenvalue weighted by molar-refractivity contribution is 0.604. The molecule has 2 rings (SSSR count). The van der Waals surface area contributed by atoms with Crippen LogP contribution in [0.2, 0.25) is 0 Å². The van der Waals surface area contributed by atoms with Crippen molar-refractivity contribution in [2.45, 2.75) is 32.7 Å². The van der Waals surface area contributed by atoms with Crippen molar-refractivity contribution in [1.82, 2.24) is 15.1 Å². The fraction of sp³-hybridized carbons (Fsp3) is 0.375. The summed E-state index contributed by atoms with van der Waals surface area (Å²) in [5.41, 5.74) is 2.36. The number of hydrogen-bond donors (Lipinski definition) is 2. The zero-order valence-electron chi connectivity index (χ0n) is 12.8. The molecule has 0 bridgehead atoms. The molecule has 0 fully saturated rings. The van der Waals surface area contributed by atoms with E-state index in [0.717, 1.165) is 29.7 Å². The molecule has 1 aromatic heterocycles. The minimum absolute atomic E-state index is 0.590. The summed E-state index contributed by atoms with van der Waals surface area (Å²) in [6.45, 7) is 5.93. The smallest absolute Gasteiger partial charge is 0.170 e. The van der Waals surface area contributed by atoms with Crippen LogP contribution in [0.4, 0.5) is 5.69 Å². The van der Waals surface area contributed by atoms with Crippen LogP contribution >= 0.6 is 28.1 Å². The number of thiocarbonyl (C=S) groups is 1. The van der Waals surface area contributed by atoms with Gasteiger partial charge in [0.25, 0.3) is 0 Å². The van der Waals surface area contributed by atoms with Crippen molar-refractivity contribution in [1.29, 1.82) is 0 Å². The molecule has 118 valence electrons. The first-order chi connectivity index (χ1) is 10.6. The average Bonchev–Trinajstić information content (AvgIpc) is 2.92. The molecule has 0 saturated carbocycles. The van der Waals surface area contributed by atoms with Gasteiger partial charge in [-0.3, -0.25) is 4.68 Å². The summed E-state index contributed by atoms with van der Waals surface area (Å²) < 4.78 is 2.84. The molecule has 4 nitrogen and oxygen atoms in total. The van der Waals surface area contributed by atoms with Gasteiger partial charge in [-0.15, -0.1) is 0 Å². The highest BCUT2D eigenvalue weighted by Crippen LogP contribution is 2.20. The van der Waals surface area contributed by atoms with Gasteiger partial charge in [0.2, 0.25) is 0 Å². The maximum atomic E-state index is 5.30. The number of aromatic nitrogens is 2. The van der Waals surface area contributed by atoms with Crippen LogP contribution in [0.25, 0.3) is 0 Å². The largest absolute Gasteiger partial charge is 0.361 e. The number of nitrogens with one attached hydrogen (secondary N) is 2. The Morgan fingerprint density at radius 2 is 2.09 bits per heavy atom. The van der Waals surface area contributed by atoms with E-state index in [2.05, 4.69) is 69.8 Å². The highest BCUT2D eigenvalue weighted by atomic mass is 79.9. The van der Waals surface area contributed by atoms with Gasteiger partial charge in [-0.05, 0) is 58.2 Å². The predicted octanol–water partition coefficient (Wildman–Crippen LogP) is 4.15. The second-order valence-electron chi connectivity index (χ2n) is 5.23. The molecule has 0 spiro atoms. The molecule has 1 aromatic carbocycles. The molecular weight excluding hydrogens is 360 g/mol. The molecule has 0 amide bonds. The minimum Gasteiger partial charge on any atom is -0.361 e. The summed E-state index contributed by atoms with van der Waals surface area (Å²) in [5.74, 6) is 0.590. The molecule has 2 N–H and O–H groups in total. The molecule has 1 atom stereocenters. The first-order valence-corrected chi connectivity index (χ1v) is 8.61.